The Morgan fingerprint density at radius 1 is 1.00 bits per heavy atom. The van der Waals surface area contributed by atoms with Gasteiger partial charge in [-0.25, -0.2) is 0 Å². The third-order valence-electron chi connectivity index (χ3n) is 3.53. The molecule has 0 heterocycles. The number of nitrogens with two attached hydrogens (primary N) is 1. The minimum Gasteiger partial charge on any atom is -0.494 e. The number of rotatable bonds is 8. The van der Waals surface area contributed by atoms with Crippen molar-refractivity contribution in [2.75, 3.05) is 25.4 Å². The van der Waals surface area contributed by atoms with Crippen molar-refractivity contribution in [1.29, 1.82) is 0 Å². The van der Waals surface area contributed by atoms with Crippen LogP contribution in [0.2, 0.25) is 0 Å². The normalized spacial score (nSPS) is 10.8. The second-order valence-electron chi connectivity index (χ2n) is 5.08. The fraction of sp³-hybridized carbons (Fsp3) is 0.333. The van der Waals surface area contributed by atoms with E-state index >= 15 is 0 Å². The molecule has 0 atom stereocenters. The van der Waals surface area contributed by atoms with Crippen molar-refractivity contribution >= 4 is 5.69 Å². The summed E-state index contributed by atoms with van der Waals surface area (Å²) in [7, 11) is 0. The second-order valence-corrected chi connectivity index (χ2v) is 5.08. The van der Waals surface area contributed by atoms with E-state index in [1.54, 1.807) is 0 Å². The van der Waals surface area contributed by atoms with Gasteiger partial charge in [0.05, 0.1) is 6.61 Å². The molecule has 0 aliphatic rings. The number of nitrogen functional groups attached to an aromatic ring is 1. The molecule has 0 radical (unpaired) electrons. The number of nitrogens with zero attached hydrogens (tertiary/aromatic N) is 1. The summed E-state index contributed by atoms with van der Waals surface area (Å²) in [4.78, 5) is 2.39. The van der Waals surface area contributed by atoms with Crippen LogP contribution >= 0.6 is 0 Å². The first-order chi connectivity index (χ1) is 10.3. The van der Waals surface area contributed by atoms with E-state index in [0.717, 1.165) is 44.1 Å². The van der Waals surface area contributed by atoms with Gasteiger partial charge >= 0.3 is 0 Å². The molecular weight excluding hydrogens is 260 g/mol. The van der Waals surface area contributed by atoms with Crippen LogP contribution in [0, 0.1) is 0 Å². The highest BCUT2D eigenvalue weighted by atomic mass is 16.5. The van der Waals surface area contributed by atoms with Gasteiger partial charge in [0.15, 0.2) is 0 Å². The van der Waals surface area contributed by atoms with Gasteiger partial charge in [-0.05, 0) is 36.7 Å². The van der Waals surface area contributed by atoms with Gasteiger partial charge in [0.25, 0.3) is 0 Å². The average Bonchev–Trinajstić information content (AvgIpc) is 2.53. The molecule has 2 N–H and O–H groups in total. The standard InChI is InChI=1S/C18H24N2O/c1-2-20(15-16-9-6-7-12-18(16)19)13-8-14-21-17-10-4-3-5-11-17/h3-7,9-12H,2,8,13-15,19H2,1H3. The lowest BCUT2D eigenvalue weighted by molar-refractivity contribution is 0.236. The molecule has 0 aliphatic carbocycles. The Kier molecular flexibility index (Phi) is 6.10. The molecule has 0 saturated heterocycles. The fourth-order valence-electron chi connectivity index (χ4n) is 2.26. The molecule has 2 aromatic carbocycles. The van der Waals surface area contributed by atoms with Crippen molar-refractivity contribution in [2.45, 2.75) is 19.9 Å². The zero-order valence-corrected chi connectivity index (χ0v) is 12.7. The summed E-state index contributed by atoms with van der Waals surface area (Å²) in [6.45, 7) is 5.84. The van der Waals surface area contributed by atoms with E-state index < -0.39 is 0 Å². The molecule has 0 amide bonds. The third-order valence-corrected chi connectivity index (χ3v) is 3.53. The summed E-state index contributed by atoms with van der Waals surface area (Å²) in [5.41, 5.74) is 8.07. The van der Waals surface area contributed by atoms with Crippen molar-refractivity contribution in [2.24, 2.45) is 0 Å². The van der Waals surface area contributed by atoms with Crippen LogP contribution in [-0.2, 0) is 6.54 Å². The molecule has 3 heteroatoms. The molecule has 3 nitrogen and oxygen atoms in total. The van der Waals surface area contributed by atoms with Crippen LogP contribution in [0.1, 0.15) is 18.9 Å². The molecule has 0 unspecified atom stereocenters. The predicted octanol–water partition coefficient (Wildman–Crippen LogP) is 3.56. The highest BCUT2D eigenvalue weighted by Gasteiger charge is 2.06. The molecular formula is C18H24N2O. The Balaban J connectivity index is 1.74. The number of ether oxygens (including phenoxy) is 1. The lowest BCUT2D eigenvalue weighted by Crippen LogP contribution is -2.25. The number of benzene rings is 2. The van der Waals surface area contributed by atoms with Crippen LogP contribution in [-0.4, -0.2) is 24.6 Å². The van der Waals surface area contributed by atoms with E-state index in [2.05, 4.69) is 17.9 Å². The highest BCUT2D eigenvalue weighted by Crippen LogP contribution is 2.14. The Morgan fingerprint density at radius 2 is 1.71 bits per heavy atom. The molecule has 0 spiro atoms. The Bertz CT molecular complexity index is 528. The number of anilines is 1. The Hall–Kier alpha value is -2.00. The van der Waals surface area contributed by atoms with Gasteiger partial charge < -0.3 is 10.5 Å². The van der Waals surface area contributed by atoms with Crippen LogP contribution in [0.5, 0.6) is 5.75 Å². The van der Waals surface area contributed by atoms with Gasteiger partial charge in [0, 0.05) is 18.8 Å². The van der Waals surface area contributed by atoms with Crippen molar-refractivity contribution in [3.05, 3.63) is 60.2 Å². The summed E-state index contributed by atoms with van der Waals surface area (Å²) in [5, 5.41) is 0. The molecule has 21 heavy (non-hydrogen) atoms. The second kappa shape index (κ2) is 8.32. The maximum Gasteiger partial charge on any atom is 0.119 e. The molecule has 112 valence electrons. The van der Waals surface area contributed by atoms with Crippen LogP contribution in [0.25, 0.3) is 0 Å². The van der Waals surface area contributed by atoms with Gasteiger partial charge in [0.2, 0.25) is 0 Å². The van der Waals surface area contributed by atoms with Crippen molar-refractivity contribution in [3.8, 4) is 5.75 Å². The molecule has 0 saturated carbocycles. The minimum absolute atomic E-state index is 0.741. The van der Waals surface area contributed by atoms with Crippen LogP contribution < -0.4 is 10.5 Å². The van der Waals surface area contributed by atoms with Crippen LogP contribution in [0.15, 0.2) is 54.6 Å². The zero-order valence-electron chi connectivity index (χ0n) is 12.7. The molecule has 0 aliphatic heterocycles. The average molecular weight is 284 g/mol. The lowest BCUT2D eigenvalue weighted by atomic mass is 10.1. The summed E-state index contributed by atoms with van der Waals surface area (Å²) in [5.74, 6) is 0.938. The highest BCUT2D eigenvalue weighted by molar-refractivity contribution is 5.46. The van der Waals surface area contributed by atoms with E-state index in [0.29, 0.717) is 0 Å². The molecule has 2 rings (SSSR count). The van der Waals surface area contributed by atoms with Gasteiger partial charge in [-0.1, -0.05) is 43.3 Å². The smallest absolute Gasteiger partial charge is 0.119 e. The number of hydrogen-bond donors (Lipinski definition) is 1. The van der Waals surface area contributed by atoms with Gasteiger partial charge in [-0.3, -0.25) is 4.90 Å². The van der Waals surface area contributed by atoms with Crippen molar-refractivity contribution in [1.82, 2.24) is 4.90 Å². The zero-order chi connectivity index (χ0) is 14.9. The molecule has 0 bridgehead atoms. The Labute approximate surface area is 127 Å². The summed E-state index contributed by atoms with van der Waals surface area (Å²) >= 11 is 0. The topological polar surface area (TPSA) is 38.5 Å². The summed E-state index contributed by atoms with van der Waals surface area (Å²) in [6, 6.07) is 18.0. The van der Waals surface area contributed by atoms with E-state index in [1.807, 2.05) is 48.5 Å². The van der Waals surface area contributed by atoms with Crippen molar-refractivity contribution < 1.29 is 4.74 Å². The van der Waals surface area contributed by atoms with Crippen molar-refractivity contribution in [3.63, 3.8) is 0 Å². The summed E-state index contributed by atoms with van der Waals surface area (Å²) in [6.07, 6.45) is 1.01. The SMILES string of the molecule is CCN(CCCOc1ccccc1)Cc1ccccc1N. The Morgan fingerprint density at radius 3 is 2.43 bits per heavy atom. The molecule has 0 aromatic heterocycles. The predicted molar refractivity (Wildman–Crippen MR) is 88.4 cm³/mol. The minimum atomic E-state index is 0.741. The number of hydrogen-bond acceptors (Lipinski definition) is 3. The van der Waals surface area contributed by atoms with E-state index in [-0.39, 0.29) is 0 Å². The number of para-hydroxylation sites is 2. The maximum atomic E-state index is 6.00. The van der Waals surface area contributed by atoms with E-state index in [1.165, 1.54) is 5.56 Å². The third kappa shape index (κ3) is 5.12. The van der Waals surface area contributed by atoms with Gasteiger partial charge in [-0.15, -0.1) is 0 Å². The van der Waals surface area contributed by atoms with Crippen LogP contribution in [0.4, 0.5) is 5.69 Å². The first-order valence-electron chi connectivity index (χ1n) is 7.53. The quantitative estimate of drug-likeness (QED) is 0.595. The van der Waals surface area contributed by atoms with E-state index in [9.17, 15) is 0 Å². The lowest BCUT2D eigenvalue weighted by Gasteiger charge is -2.21. The first kappa shape index (κ1) is 15.4. The van der Waals surface area contributed by atoms with Gasteiger partial charge in [-0.2, -0.15) is 0 Å². The maximum absolute atomic E-state index is 6.00. The van der Waals surface area contributed by atoms with Gasteiger partial charge in [0.1, 0.15) is 5.75 Å². The first-order valence-corrected chi connectivity index (χ1v) is 7.53. The van der Waals surface area contributed by atoms with E-state index in [4.69, 9.17) is 10.5 Å². The molecule has 2 aromatic rings. The fourth-order valence-corrected chi connectivity index (χ4v) is 2.26. The molecule has 0 fully saturated rings. The monoisotopic (exact) mass is 284 g/mol. The largest absolute Gasteiger partial charge is 0.494 e. The van der Waals surface area contributed by atoms with Crippen LogP contribution in [0.3, 0.4) is 0 Å². The summed E-state index contributed by atoms with van der Waals surface area (Å²) < 4.78 is 5.72.